The summed E-state index contributed by atoms with van der Waals surface area (Å²) in [5.41, 5.74) is 1.63. The molecule has 1 saturated heterocycles. The normalized spacial score (nSPS) is 17.4. The zero-order chi connectivity index (χ0) is 25.1. The largest absolute Gasteiger partial charge is 0.336 e. The summed E-state index contributed by atoms with van der Waals surface area (Å²) >= 11 is 1.32. The number of nitrogens with zero attached hydrogens (tertiary/aromatic N) is 4. The number of carbonyl (C=O) groups is 2. The van der Waals surface area contributed by atoms with Crippen molar-refractivity contribution in [1.82, 2.24) is 19.4 Å². The second-order valence-corrected chi connectivity index (χ2v) is 10.7. The van der Waals surface area contributed by atoms with Gasteiger partial charge in [-0.05, 0) is 38.1 Å². The van der Waals surface area contributed by atoms with Gasteiger partial charge in [0.05, 0.1) is 16.7 Å². The Hall–Kier alpha value is -2.97. The fraction of sp³-hybridized carbons (Fsp3) is 0.429. The van der Waals surface area contributed by atoms with Crippen LogP contribution in [-0.4, -0.2) is 70.0 Å². The Bertz CT molecular complexity index is 1310. The minimum Gasteiger partial charge on any atom is -0.336 e. The number of hydrogen-bond donors (Lipinski definition) is 0. The van der Waals surface area contributed by atoms with E-state index in [0.29, 0.717) is 40.3 Å². The van der Waals surface area contributed by atoms with Gasteiger partial charge in [-0.15, -0.1) is 0 Å². The van der Waals surface area contributed by atoms with E-state index in [9.17, 15) is 14.4 Å². The third-order valence-electron chi connectivity index (χ3n) is 7.27. The van der Waals surface area contributed by atoms with Crippen molar-refractivity contribution >= 4 is 34.4 Å². The van der Waals surface area contributed by atoms with Crippen LogP contribution in [0.1, 0.15) is 58.9 Å². The molecule has 2 aromatic carbocycles. The van der Waals surface area contributed by atoms with E-state index >= 15 is 0 Å². The van der Waals surface area contributed by atoms with E-state index in [4.69, 9.17) is 4.98 Å². The molecule has 1 amide bonds. The fourth-order valence-electron chi connectivity index (χ4n) is 5.10. The van der Waals surface area contributed by atoms with E-state index in [2.05, 4.69) is 11.9 Å². The molecule has 1 saturated carbocycles. The zero-order valence-electron chi connectivity index (χ0n) is 20.7. The number of hydrogen-bond acceptors (Lipinski definition) is 6. The first-order chi connectivity index (χ1) is 17.5. The number of amides is 1. The molecule has 0 unspecified atom stereocenters. The van der Waals surface area contributed by atoms with Crippen LogP contribution in [0.15, 0.2) is 58.5 Å². The molecule has 0 bridgehead atoms. The Balaban J connectivity index is 1.48. The molecule has 7 nitrogen and oxygen atoms in total. The lowest BCUT2D eigenvalue weighted by Gasteiger charge is -2.32. The molecule has 3 aromatic rings. The predicted octanol–water partition coefficient (Wildman–Crippen LogP) is 4.26. The molecule has 2 heterocycles. The van der Waals surface area contributed by atoms with Gasteiger partial charge in [0.1, 0.15) is 0 Å². The Kier molecular flexibility index (Phi) is 7.53. The molecule has 2 fully saturated rings. The van der Waals surface area contributed by atoms with Gasteiger partial charge < -0.3 is 9.80 Å². The number of rotatable bonds is 6. The van der Waals surface area contributed by atoms with E-state index in [1.54, 1.807) is 30.3 Å². The predicted molar refractivity (Wildman–Crippen MR) is 143 cm³/mol. The van der Waals surface area contributed by atoms with Crippen LogP contribution in [0.3, 0.4) is 0 Å². The lowest BCUT2D eigenvalue weighted by Crippen LogP contribution is -2.47. The highest BCUT2D eigenvalue weighted by molar-refractivity contribution is 7.99. The Morgan fingerprint density at radius 1 is 0.944 bits per heavy atom. The number of benzene rings is 2. The molecule has 36 heavy (non-hydrogen) atoms. The summed E-state index contributed by atoms with van der Waals surface area (Å²) in [7, 11) is 2.06. The standard InChI is InChI=1S/C28H32N4O3S/c1-30-14-16-31(17-15-30)26(34)21-12-13-23-24(18-21)29-28(32(27(23)35)22-10-6-3-7-11-22)36-19-25(33)20-8-4-2-5-9-20/h2,4-5,8-9,12-13,18,22H,3,6-7,10-11,14-17,19H2,1H3. The maximum Gasteiger partial charge on any atom is 0.262 e. The van der Waals surface area contributed by atoms with Gasteiger partial charge in [0, 0.05) is 43.3 Å². The lowest BCUT2D eigenvalue weighted by molar-refractivity contribution is 0.0664. The van der Waals surface area contributed by atoms with Gasteiger partial charge in [0.2, 0.25) is 0 Å². The van der Waals surface area contributed by atoms with Crippen molar-refractivity contribution < 1.29 is 9.59 Å². The number of fused-ring (bicyclic) bond motifs is 1. The van der Waals surface area contributed by atoms with Crippen LogP contribution in [-0.2, 0) is 0 Å². The average Bonchev–Trinajstić information content (AvgIpc) is 2.92. The number of piperazine rings is 1. The van der Waals surface area contributed by atoms with Crippen LogP contribution >= 0.6 is 11.8 Å². The molecular weight excluding hydrogens is 472 g/mol. The van der Waals surface area contributed by atoms with E-state index in [1.165, 1.54) is 18.2 Å². The molecular formula is C28H32N4O3S. The summed E-state index contributed by atoms with van der Waals surface area (Å²) in [5, 5.41) is 1.09. The number of carbonyl (C=O) groups excluding carboxylic acids is 2. The smallest absolute Gasteiger partial charge is 0.262 e. The van der Waals surface area contributed by atoms with Crippen molar-refractivity contribution in [1.29, 1.82) is 0 Å². The molecule has 1 aromatic heterocycles. The number of thioether (sulfide) groups is 1. The van der Waals surface area contributed by atoms with Crippen LogP contribution in [0.2, 0.25) is 0 Å². The molecule has 0 spiro atoms. The summed E-state index contributed by atoms with van der Waals surface area (Å²) in [4.78, 5) is 48.6. The lowest BCUT2D eigenvalue weighted by atomic mass is 9.95. The van der Waals surface area contributed by atoms with Gasteiger partial charge in [-0.25, -0.2) is 4.98 Å². The van der Waals surface area contributed by atoms with Crippen molar-refractivity contribution in [2.75, 3.05) is 39.0 Å². The van der Waals surface area contributed by atoms with E-state index < -0.39 is 0 Å². The van der Waals surface area contributed by atoms with Gasteiger partial charge >= 0.3 is 0 Å². The number of aromatic nitrogens is 2. The summed E-state index contributed by atoms with van der Waals surface area (Å²) in [6.07, 6.45) is 5.22. The van der Waals surface area contributed by atoms with Crippen molar-refractivity contribution in [3.05, 3.63) is 70.0 Å². The van der Waals surface area contributed by atoms with Crippen molar-refractivity contribution in [3.8, 4) is 0 Å². The molecule has 2 aliphatic rings. The van der Waals surface area contributed by atoms with E-state index in [1.807, 2.05) is 27.7 Å². The third kappa shape index (κ3) is 5.25. The van der Waals surface area contributed by atoms with Gasteiger partial charge in [0.15, 0.2) is 10.9 Å². The van der Waals surface area contributed by atoms with Gasteiger partial charge in [-0.2, -0.15) is 0 Å². The second-order valence-electron chi connectivity index (χ2n) is 9.77. The quantitative estimate of drug-likeness (QED) is 0.284. The van der Waals surface area contributed by atoms with Crippen LogP contribution in [0.4, 0.5) is 0 Å². The van der Waals surface area contributed by atoms with Crippen molar-refractivity contribution in [3.63, 3.8) is 0 Å². The van der Waals surface area contributed by atoms with Crippen molar-refractivity contribution in [2.45, 2.75) is 43.3 Å². The monoisotopic (exact) mass is 504 g/mol. The molecule has 8 heteroatoms. The summed E-state index contributed by atoms with van der Waals surface area (Å²) in [5.74, 6) is 0.176. The maximum atomic E-state index is 13.7. The van der Waals surface area contributed by atoms with Crippen molar-refractivity contribution in [2.24, 2.45) is 0 Å². The molecule has 1 aliphatic carbocycles. The SMILES string of the molecule is CN1CCN(C(=O)c2ccc3c(=O)n(C4CCCCC4)c(SCC(=O)c4ccccc4)nc3c2)CC1. The third-order valence-corrected chi connectivity index (χ3v) is 8.23. The first kappa shape index (κ1) is 24.7. The Morgan fingerprint density at radius 2 is 1.67 bits per heavy atom. The van der Waals surface area contributed by atoms with Crippen LogP contribution in [0.25, 0.3) is 10.9 Å². The molecule has 0 atom stereocenters. The zero-order valence-corrected chi connectivity index (χ0v) is 21.5. The fourth-order valence-corrected chi connectivity index (χ4v) is 6.07. The number of ketones is 1. The minimum atomic E-state index is -0.0832. The second kappa shape index (κ2) is 11.0. The van der Waals surface area contributed by atoms with Crippen LogP contribution in [0.5, 0.6) is 0 Å². The first-order valence-electron chi connectivity index (χ1n) is 12.8. The summed E-state index contributed by atoms with van der Waals surface area (Å²) in [6, 6.07) is 14.5. The Labute approximate surface area is 215 Å². The molecule has 0 radical (unpaired) electrons. The molecule has 188 valence electrons. The highest BCUT2D eigenvalue weighted by Gasteiger charge is 2.24. The topological polar surface area (TPSA) is 75.5 Å². The van der Waals surface area contributed by atoms with Crippen LogP contribution in [0, 0.1) is 0 Å². The highest BCUT2D eigenvalue weighted by atomic mass is 32.2. The van der Waals surface area contributed by atoms with E-state index in [0.717, 1.165) is 38.8 Å². The maximum absolute atomic E-state index is 13.7. The van der Waals surface area contributed by atoms with Crippen LogP contribution < -0.4 is 5.56 Å². The van der Waals surface area contributed by atoms with Gasteiger partial charge in [-0.3, -0.25) is 19.0 Å². The number of Topliss-reactive ketones (excluding diaryl/α,β-unsaturated/α-hetero) is 1. The van der Waals surface area contributed by atoms with Gasteiger partial charge in [-0.1, -0.05) is 61.4 Å². The summed E-state index contributed by atoms with van der Waals surface area (Å²) < 4.78 is 1.81. The highest BCUT2D eigenvalue weighted by Crippen LogP contribution is 2.31. The summed E-state index contributed by atoms with van der Waals surface area (Å²) in [6.45, 7) is 3.07. The number of likely N-dealkylation sites (N-methyl/N-ethyl adjacent to an activating group) is 1. The Morgan fingerprint density at radius 3 is 2.39 bits per heavy atom. The van der Waals surface area contributed by atoms with Gasteiger partial charge in [0.25, 0.3) is 11.5 Å². The minimum absolute atomic E-state index is 0.00383. The average molecular weight is 505 g/mol. The van der Waals surface area contributed by atoms with E-state index in [-0.39, 0.29) is 29.0 Å². The molecule has 0 N–H and O–H groups in total. The first-order valence-corrected chi connectivity index (χ1v) is 13.7. The molecule has 5 rings (SSSR count). The molecule has 1 aliphatic heterocycles.